The van der Waals surface area contributed by atoms with Crippen LogP contribution in [0.1, 0.15) is 22.8 Å². The minimum absolute atomic E-state index is 0.0416. The number of aromatic nitrogens is 1. The van der Waals surface area contributed by atoms with Gasteiger partial charge in [-0.25, -0.2) is 4.98 Å². The van der Waals surface area contributed by atoms with Crippen molar-refractivity contribution in [2.45, 2.75) is 18.4 Å². The first-order chi connectivity index (χ1) is 14.1. The maximum Gasteiger partial charge on any atom is 0.260 e. The molecule has 4 rings (SSSR count). The van der Waals surface area contributed by atoms with Gasteiger partial charge in [0.2, 0.25) is 0 Å². The van der Waals surface area contributed by atoms with E-state index in [2.05, 4.69) is 22.9 Å². The minimum Gasteiger partial charge on any atom is -0.279 e. The fraction of sp³-hybridized carbons (Fsp3) is 0.130. The fourth-order valence-corrected chi connectivity index (χ4v) is 5.19. The molecule has 4 aromatic rings. The number of thioether (sulfide) groups is 1. The van der Waals surface area contributed by atoms with Gasteiger partial charge in [0.15, 0.2) is 5.13 Å². The van der Waals surface area contributed by atoms with Crippen LogP contribution in [0.5, 0.6) is 0 Å². The number of hydrogen-bond donors (Lipinski definition) is 0. The zero-order valence-corrected chi connectivity index (χ0v) is 19.1. The van der Waals surface area contributed by atoms with Crippen LogP contribution >= 0.6 is 39.0 Å². The highest BCUT2D eigenvalue weighted by molar-refractivity contribution is 9.10. The number of hydrogen-bond acceptors (Lipinski definition) is 4. The molecule has 0 fully saturated rings. The number of carbonyl (C=O) groups excluding carboxylic acids is 1. The maximum atomic E-state index is 13.4. The second-order valence-corrected chi connectivity index (χ2v) is 9.70. The number of anilines is 1. The second kappa shape index (κ2) is 9.11. The van der Waals surface area contributed by atoms with Crippen molar-refractivity contribution in [2.24, 2.45) is 0 Å². The van der Waals surface area contributed by atoms with Crippen molar-refractivity contribution >= 4 is 60.3 Å². The zero-order chi connectivity index (χ0) is 20.2. The van der Waals surface area contributed by atoms with Gasteiger partial charge in [0.05, 0.1) is 16.8 Å². The smallest absolute Gasteiger partial charge is 0.260 e. The van der Waals surface area contributed by atoms with E-state index in [9.17, 15) is 4.79 Å². The van der Waals surface area contributed by atoms with Gasteiger partial charge in [-0.3, -0.25) is 9.69 Å². The van der Waals surface area contributed by atoms with Gasteiger partial charge in [0, 0.05) is 14.9 Å². The van der Waals surface area contributed by atoms with Crippen molar-refractivity contribution in [1.82, 2.24) is 4.98 Å². The predicted octanol–water partition coefficient (Wildman–Crippen LogP) is 7.02. The molecule has 6 heteroatoms. The van der Waals surface area contributed by atoms with Crippen LogP contribution < -0.4 is 4.90 Å². The quantitative estimate of drug-likeness (QED) is 0.277. The highest BCUT2D eigenvalue weighted by Crippen LogP contribution is 2.32. The lowest BCUT2D eigenvalue weighted by molar-refractivity contribution is 0.0985. The van der Waals surface area contributed by atoms with Crippen LogP contribution in [-0.4, -0.2) is 16.6 Å². The Morgan fingerprint density at radius 3 is 2.55 bits per heavy atom. The molecule has 0 spiro atoms. The Labute approximate surface area is 186 Å². The SMILES string of the molecule is CCSc1ccc(C(=O)N(Cc2ccccc2)c2nc3ccc(Br)cc3s2)cc1. The molecule has 1 aromatic heterocycles. The van der Waals surface area contributed by atoms with Crippen LogP contribution in [0.3, 0.4) is 0 Å². The minimum atomic E-state index is -0.0416. The third-order valence-electron chi connectivity index (χ3n) is 4.41. The molecule has 0 aliphatic rings. The number of thiazole rings is 1. The van der Waals surface area contributed by atoms with E-state index in [1.54, 1.807) is 16.7 Å². The monoisotopic (exact) mass is 482 g/mol. The molecule has 0 atom stereocenters. The van der Waals surface area contributed by atoms with E-state index in [0.717, 1.165) is 26.0 Å². The molecule has 1 amide bonds. The van der Waals surface area contributed by atoms with Crippen LogP contribution in [0.15, 0.2) is 82.2 Å². The van der Waals surface area contributed by atoms with E-state index in [1.807, 2.05) is 72.8 Å². The Bertz CT molecular complexity index is 1130. The molecule has 29 heavy (non-hydrogen) atoms. The fourth-order valence-electron chi connectivity index (χ4n) is 3.01. The summed E-state index contributed by atoms with van der Waals surface area (Å²) < 4.78 is 2.06. The van der Waals surface area contributed by atoms with Crippen molar-refractivity contribution in [3.8, 4) is 0 Å². The molecular weight excluding hydrogens is 464 g/mol. The van der Waals surface area contributed by atoms with Crippen molar-refractivity contribution in [3.05, 3.63) is 88.4 Å². The van der Waals surface area contributed by atoms with Crippen LogP contribution in [-0.2, 0) is 6.54 Å². The Kier molecular flexibility index (Phi) is 6.33. The van der Waals surface area contributed by atoms with Crippen LogP contribution in [0.25, 0.3) is 10.2 Å². The Morgan fingerprint density at radius 1 is 1.07 bits per heavy atom. The summed E-state index contributed by atoms with van der Waals surface area (Å²) in [5.74, 6) is 0.967. The Morgan fingerprint density at radius 2 is 1.83 bits per heavy atom. The number of nitrogens with zero attached hydrogens (tertiary/aromatic N) is 2. The number of halogens is 1. The molecule has 3 nitrogen and oxygen atoms in total. The summed E-state index contributed by atoms with van der Waals surface area (Å²) in [5.41, 5.74) is 2.63. The number of benzene rings is 3. The first kappa shape index (κ1) is 20.1. The zero-order valence-electron chi connectivity index (χ0n) is 15.8. The molecular formula is C23H19BrN2OS2. The molecule has 0 unspecified atom stereocenters. The molecule has 3 aromatic carbocycles. The van der Waals surface area contributed by atoms with Crippen molar-refractivity contribution in [2.75, 3.05) is 10.7 Å². The van der Waals surface area contributed by atoms with Crippen molar-refractivity contribution < 1.29 is 4.79 Å². The van der Waals surface area contributed by atoms with Crippen LogP contribution in [0, 0.1) is 0 Å². The topological polar surface area (TPSA) is 33.2 Å². The van der Waals surface area contributed by atoms with E-state index in [4.69, 9.17) is 4.98 Å². The summed E-state index contributed by atoms with van der Waals surface area (Å²) in [6.45, 7) is 2.60. The number of carbonyl (C=O) groups is 1. The predicted molar refractivity (Wildman–Crippen MR) is 127 cm³/mol. The molecule has 0 aliphatic heterocycles. The van der Waals surface area contributed by atoms with Gasteiger partial charge in [-0.1, -0.05) is 64.5 Å². The number of amides is 1. The first-order valence-corrected chi connectivity index (χ1v) is 11.9. The lowest BCUT2D eigenvalue weighted by Gasteiger charge is -2.20. The van der Waals surface area contributed by atoms with E-state index < -0.39 is 0 Å². The number of rotatable bonds is 6. The largest absolute Gasteiger partial charge is 0.279 e. The van der Waals surface area contributed by atoms with Gasteiger partial charge in [0.25, 0.3) is 5.91 Å². The van der Waals surface area contributed by atoms with E-state index in [1.165, 1.54) is 16.2 Å². The van der Waals surface area contributed by atoms with Gasteiger partial charge in [-0.05, 0) is 53.8 Å². The van der Waals surface area contributed by atoms with Gasteiger partial charge >= 0.3 is 0 Å². The van der Waals surface area contributed by atoms with Crippen LogP contribution in [0.4, 0.5) is 5.13 Å². The van der Waals surface area contributed by atoms with Gasteiger partial charge in [-0.2, -0.15) is 0 Å². The third kappa shape index (κ3) is 4.71. The van der Waals surface area contributed by atoms with Gasteiger partial charge in [0.1, 0.15) is 0 Å². The molecule has 0 bridgehead atoms. The second-order valence-electron chi connectivity index (χ2n) is 6.44. The summed E-state index contributed by atoms with van der Waals surface area (Å²) in [6.07, 6.45) is 0. The molecule has 0 N–H and O–H groups in total. The maximum absolute atomic E-state index is 13.4. The molecule has 0 aliphatic carbocycles. The third-order valence-corrected chi connectivity index (χ3v) is 6.84. The first-order valence-electron chi connectivity index (χ1n) is 9.29. The van der Waals surface area contributed by atoms with Crippen molar-refractivity contribution in [3.63, 3.8) is 0 Å². The highest BCUT2D eigenvalue weighted by Gasteiger charge is 2.22. The summed E-state index contributed by atoms with van der Waals surface area (Å²) in [7, 11) is 0. The summed E-state index contributed by atoms with van der Waals surface area (Å²) in [4.78, 5) is 21.1. The Hall–Kier alpha value is -2.15. The van der Waals surface area contributed by atoms with Crippen LogP contribution in [0.2, 0.25) is 0 Å². The molecule has 146 valence electrons. The average molecular weight is 483 g/mol. The van der Waals surface area contributed by atoms with Crippen molar-refractivity contribution in [1.29, 1.82) is 0 Å². The lowest BCUT2D eigenvalue weighted by Crippen LogP contribution is -2.30. The van der Waals surface area contributed by atoms with E-state index in [-0.39, 0.29) is 5.91 Å². The average Bonchev–Trinajstić information content (AvgIpc) is 3.16. The molecule has 1 heterocycles. The summed E-state index contributed by atoms with van der Waals surface area (Å²) >= 11 is 6.81. The summed E-state index contributed by atoms with van der Waals surface area (Å²) in [5, 5.41) is 0.707. The lowest BCUT2D eigenvalue weighted by atomic mass is 10.1. The number of fused-ring (bicyclic) bond motifs is 1. The highest BCUT2D eigenvalue weighted by atomic mass is 79.9. The molecule has 0 saturated heterocycles. The Balaban J connectivity index is 1.71. The van der Waals surface area contributed by atoms with Gasteiger partial charge in [-0.15, -0.1) is 11.8 Å². The standard InChI is InChI=1S/C23H19BrN2OS2/c1-2-28-19-11-8-17(9-12-19)22(27)26(15-16-6-4-3-5-7-16)23-25-20-13-10-18(24)14-21(20)29-23/h3-14H,2,15H2,1H3. The molecule has 0 saturated carbocycles. The van der Waals surface area contributed by atoms with E-state index >= 15 is 0 Å². The van der Waals surface area contributed by atoms with E-state index in [0.29, 0.717) is 17.2 Å². The normalized spacial score (nSPS) is 11.0. The molecule has 0 radical (unpaired) electrons. The van der Waals surface area contributed by atoms with Gasteiger partial charge < -0.3 is 0 Å². The summed E-state index contributed by atoms with van der Waals surface area (Å²) in [6, 6.07) is 23.8.